The number of piperazine rings is 1. The average Bonchev–Trinajstić information content (AvgIpc) is 3.02. The Bertz CT molecular complexity index is 461. The van der Waals surface area contributed by atoms with Gasteiger partial charge in [-0.2, -0.15) is 0 Å². The van der Waals surface area contributed by atoms with E-state index in [4.69, 9.17) is 0 Å². The van der Waals surface area contributed by atoms with Crippen LogP contribution in [0, 0.1) is 6.92 Å². The summed E-state index contributed by atoms with van der Waals surface area (Å²) in [7, 11) is 0. The molecule has 2 aliphatic rings. The lowest BCUT2D eigenvalue weighted by Gasteiger charge is -2.37. The Morgan fingerprint density at radius 3 is 2.65 bits per heavy atom. The summed E-state index contributed by atoms with van der Waals surface area (Å²) in [6, 6.07) is 0.645. The first-order valence-corrected chi connectivity index (χ1v) is 7.27. The Morgan fingerprint density at radius 2 is 2.05 bits per heavy atom. The number of nitrogens with one attached hydrogen (secondary N) is 1. The van der Waals surface area contributed by atoms with Crippen LogP contribution < -0.4 is 5.32 Å². The van der Waals surface area contributed by atoms with Gasteiger partial charge >= 0.3 is 0 Å². The van der Waals surface area contributed by atoms with Crippen molar-refractivity contribution < 1.29 is 4.79 Å². The normalized spacial score (nSPS) is 24.1. The number of nitrogens with zero attached hydrogens (tertiary/aromatic N) is 4. The summed E-state index contributed by atoms with van der Waals surface area (Å²) in [6.07, 6.45) is 4.44. The van der Waals surface area contributed by atoms with E-state index in [0.717, 1.165) is 45.0 Å². The maximum atomic E-state index is 12.3. The lowest BCUT2D eigenvalue weighted by molar-refractivity contribution is 0.0578. The van der Waals surface area contributed by atoms with E-state index < -0.39 is 0 Å². The van der Waals surface area contributed by atoms with Crippen LogP contribution >= 0.6 is 0 Å². The molecule has 2 saturated heterocycles. The molecule has 2 aliphatic heterocycles. The maximum Gasteiger partial charge on any atom is 0.274 e. The standard InChI is InChI=1S/C14H21N5O/c1-11-8-17-13(10-16-11)14(20)19-6-4-18(5-7-19)12-2-3-15-9-12/h8,10,12,15H,2-7,9H2,1H3. The third kappa shape index (κ3) is 2.81. The number of aromatic nitrogens is 2. The van der Waals surface area contributed by atoms with Crippen LogP contribution in [0.15, 0.2) is 12.4 Å². The van der Waals surface area contributed by atoms with Crippen molar-refractivity contribution >= 4 is 5.91 Å². The summed E-state index contributed by atoms with van der Waals surface area (Å²) in [5.41, 5.74) is 1.28. The average molecular weight is 275 g/mol. The predicted molar refractivity (Wildman–Crippen MR) is 75.5 cm³/mol. The number of rotatable bonds is 2. The molecule has 0 radical (unpaired) electrons. The van der Waals surface area contributed by atoms with E-state index in [0.29, 0.717) is 11.7 Å². The molecular weight excluding hydrogens is 254 g/mol. The highest BCUT2D eigenvalue weighted by Gasteiger charge is 2.28. The molecule has 1 aromatic rings. The second-order valence-corrected chi connectivity index (χ2v) is 5.52. The van der Waals surface area contributed by atoms with Crippen molar-refractivity contribution in [1.29, 1.82) is 0 Å². The lowest BCUT2D eigenvalue weighted by atomic mass is 10.2. The van der Waals surface area contributed by atoms with Crippen molar-refractivity contribution in [2.45, 2.75) is 19.4 Å². The monoisotopic (exact) mass is 275 g/mol. The number of carbonyl (C=O) groups is 1. The summed E-state index contributed by atoms with van der Waals surface area (Å²) < 4.78 is 0. The highest BCUT2D eigenvalue weighted by Crippen LogP contribution is 2.13. The molecule has 0 saturated carbocycles. The summed E-state index contributed by atoms with van der Waals surface area (Å²) in [6.45, 7) is 7.54. The first-order valence-electron chi connectivity index (χ1n) is 7.27. The zero-order valence-corrected chi connectivity index (χ0v) is 11.9. The fourth-order valence-corrected chi connectivity index (χ4v) is 2.91. The van der Waals surface area contributed by atoms with Gasteiger partial charge in [-0.25, -0.2) is 4.98 Å². The minimum Gasteiger partial charge on any atom is -0.335 e. The van der Waals surface area contributed by atoms with Crippen molar-refractivity contribution in [2.75, 3.05) is 39.3 Å². The van der Waals surface area contributed by atoms with E-state index >= 15 is 0 Å². The summed E-state index contributed by atoms with van der Waals surface area (Å²) in [5.74, 6) is 0.00157. The zero-order chi connectivity index (χ0) is 13.9. The van der Waals surface area contributed by atoms with E-state index in [-0.39, 0.29) is 5.91 Å². The third-order valence-corrected chi connectivity index (χ3v) is 4.15. The Morgan fingerprint density at radius 1 is 1.25 bits per heavy atom. The molecule has 3 heterocycles. The number of amides is 1. The van der Waals surface area contributed by atoms with Gasteiger partial charge in [0.2, 0.25) is 0 Å². The molecular formula is C14H21N5O. The molecule has 6 heteroatoms. The second kappa shape index (κ2) is 5.85. The van der Waals surface area contributed by atoms with Gasteiger partial charge in [0.1, 0.15) is 5.69 Å². The molecule has 1 amide bonds. The van der Waals surface area contributed by atoms with E-state index in [2.05, 4.69) is 20.2 Å². The lowest BCUT2D eigenvalue weighted by Crippen LogP contribution is -2.52. The van der Waals surface area contributed by atoms with Crippen molar-refractivity contribution in [2.24, 2.45) is 0 Å². The van der Waals surface area contributed by atoms with Gasteiger partial charge in [-0.15, -0.1) is 0 Å². The van der Waals surface area contributed by atoms with Crippen molar-refractivity contribution in [3.05, 3.63) is 23.8 Å². The molecule has 1 aromatic heterocycles. The summed E-state index contributed by atoms with van der Waals surface area (Å²) in [4.78, 5) is 25.0. The first-order chi connectivity index (χ1) is 9.74. The molecule has 6 nitrogen and oxygen atoms in total. The van der Waals surface area contributed by atoms with Crippen LogP contribution in [-0.2, 0) is 0 Å². The first kappa shape index (κ1) is 13.5. The zero-order valence-electron chi connectivity index (χ0n) is 11.9. The van der Waals surface area contributed by atoms with Crippen LogP contribution in [0.5, 0.6) is 0 Å². The topological polar surface area (TPSA) is 61.4 Å². The van der Waals surface area contributed by atoms with Gasteiger partial charge in [0.25, 0.3) is 5.91 Å². The van der Waals surface area contributed by atoms with Gasteiger partial charge in [-0.3, -0.25) is 14.7 Å². The fraction of sp³-hybridized carbons (Fsp3) is 0.643. The van der Waals surface area contributed by atoms with Gasteiger partial charge in [0, 0.05) is 45.0 Å². The summed E-state index contributed by atoms with van der Waals surface area (Å²) in [5, 5.41) is 3.39. The number of aryl methyl sites for hydroxylation is 1. The van der Waals surface area contributed by atoms with Crippen molar-refractivity contribution in [3.63, 3.8) is 0 Å². The Kier molecular flexibility index (Phi) is 3.93. The SMILES string of the molecule is Cc1cnc(C(=O)N2CCN(C3CCNC3)CC2)cn1. The van der Waals surface area contributed by atoms with Crippen LogP contribution in [0.1, 0.15) is 22.6 Å². The molecule has 0 aromatic carbocycles. The minimum atomic E-state index is 0.00157. The molecule has 0 aliphatic carbocycles. The highest BCUT2D eigenvalue weighted by molar-refractivity contribution is 5.92. The van der Waals surface area contributed by atoms with Gasteiger partial charge in [-0.05, 0) is 19.9 Å². The van der Waals surface area contributed by atoms with E-state index in [1.165, 1.54) is 6.42 Å². The van der Waals surface area contributed by atoms with E-state index in [1.54, 1.807) is 12.4 Å². The van der Waals surface area contributed by atoms with Gasteiger partial charge in [0.15, 0.2) is 0 Å². The molecule has 108 valence electrons. The molecule has 20 heavy (non-hydrogen) atoms. The minimum absolute atomic E-state index is 0.00157. The van der Waals surface area contributed by atoms with Crippen LogP contribution in [0.25, 0.3) is 0 Å². The predicted octanol–water partition coefficient (Wildman–Crippen LogP) is -0.0953. The quantitative estimate of drug-likeness (QED) is 0.817. The third-order valence-electron chi connectivity index (χ3n) is 4.15. The smallest absolute Gasteiger partial charge is 0.274 e. The molecule has 1 unspecified atom stereocenters. The van der Waals surface area contributed by atoms with Crippen molar-refractivity contribution in [3.8, 4) is 0 Å². The Labute approximate surface area is 119 Å². The molecule has 2 fully saturated rings. The van der Waals surface area contributed by atoms with Gasteiger partial charge in [0.05, 0.1) is 11.9 Å². The summed E-state index contributed by atoms with van der Waals surface area (Å²) >= 11 is 0. The molecule has 1 atom stereocenters. The largest absolute Gasteiger partial charge is 0.335 e. The van der Waals surface area contributed by atoms with E-state index in [1.807, 2.05) is 11.8 Å². The van der Waals surface area contributed by atoms with Crippen LogP contribution in [0.3, 0.4) is 0 Å². The van der Waals surface area contributed by atoms with Crippen LogP contribution in [-0.4, -0.2) is 71.0 Å². The molecule has 0 bridgehead atoms. The highest BCUT2D eigenvalue weighted by atomic mass is 16.2. The second-order valence-electron chi connectivity index (χ2n) is 5.52. The van der Waals surface area contributed by atoms with Crippen molar-refractivity contribution in [1.82, 2.24) is 25.1 Å². The van der Waals surface area contributed by atoms with E-state index in [9.17, 15) is 4.79 Å². The molecule has 0 spiro atoms. The number of hydrogen-bond donors (Lipinski definition) is 1. The van der Waals surface area contributed by atoms with Crippen LogP contribution in [0.2, 0.25) is 0 Å². The molecule has 3 rings (SSSR count). The molecule has 1 N–H and O–H groups in total. The Balaban J connectivity index is 1.57. The fourth-order valence-electron chi connectivity index (χ4n) is 2.91. The Hall–Kier alpha value is -1.53. The van der Waals surface area contributed by atoms with Gasteiger partial charge in [-0.1, -0.05) is 0 Å². The van der Waals surface area contributed by atoms with Gasteiger partial charge < -0.3 is 10.2 Å². The van der Waals surface area contributed by atoms with Crippen LogP contribution in [0.4, 0.5) is 0 Å². The number of hydrogen-bond acceptors (Lipinski definition) is 5. The maximum absolute atomic E-state index is 12.3. The number of carbonyl (C=O) groups excluding carboxylic acids is 1.